The maximum atomic E-state index is 6.73. The van der Waals surface area contributed by atoms with Crippen LogP contribution in [-0.2, 0) is 0 Å². The third-order valence-corrected chi connectivity index (χ3v) is 15.1. The number of furan rings is 3. The lowest BCUT2D eigenvalue weighted by atomic mass is 9.93. The van der Waals surface area contributed by atoms with Gasteiger partial charge >= 0.3 is 0 Å². The Labute approximate surface area is 434 Å². The summed E-state index contributed by atoms with van der Waals surface area (Å²) in [6.07, 6.45) is 0. The van der Waals surface area contributed by atoms with Crippen molar-refractivity contribution in [3.05, 3.63) is 243 Å². The molecular weight excluding hydrogens is 933 g/mol. The molecule has 0 bridgehead atoms. The van der Waals surface area contributed by atoms with Gasteiger partial charge in [0, 0.05) is 65.5 Å². The first-order valence-corrected chi connectivity index (χ1v) is 25.5. The fraction of sp³-hybridized carbons (Fsp3) is 0. The van der Waals surface area contributed by atoms with Crippen LogP contribution in [0.15, 0.2) is 256 Å². The van der Waals surface area contributed by atoms with Gasteiger partial charge in [-0.15, -0.1) is 0 Å². The smallest absolute Gasteiger partial charge is 0.164 e. The SMILES string of the molecule is c1ccc(-c2nc(-c3ccc4c(c3)oc3cccc(-c5ccccc5)c34)nc(-c3cccc4oc5ccc(-c6cc(-c7ccc8c9ccccc9n(-c9ccccc9)c8c7)cc7oc8ccccc8c67)cc5c34)n2)cc1. The van der Waals surface area contributed by atoms with E-state index in [9.17, 15) is 0 Å². The molecule has 16 aromatic rings. The zero-order valence-electron chi connectivity index (χ0n) is 40.6. The van der Waals surface area contributed by atoms with E-state index in [1.165, 1.54) is 16.3 Å². The van der Waals surface area contributed by atoms with Crippen LogP contribution in [0.3, 0.4) is 0 Å². The Bertz CT molecular complexity index is 4990. The lowest BCUT2D eigenvalue weighted by molar-refractivity contribution is 0.668. The molecule has 0 spiro atoms. The van der Waals surface area contributed by atoms with Gasteiger partial charge in [0.15, 0.2) is 17.5 Å². The molecule has 0 saturated carbocycles. The molecule has 0 amide bonds. The van der Waals surface area contributed by atoms with Crippen LogP contribution in [0.5, 0.6) is 0 Å². The standard InChI is InChI=1S/C69H40N4O3/c1-4-16-41(17-5-1)48-24-14-28-60-64(48)52-34-31-45(39-62(52)76-60)68-70-67(42-18-6-2-7-19-42)71-69(72-68)53-25-15-29-61-66(53)55-36-44(32-35-59(55)74-61)54-37-46(40-63-65(54)51-23-11-13-27-58(51)75-63)43-30-33-50-49-22-10-12-26-56(49)73(57(50)38-43)47-20-8-3-9-21-47/h1-40H. The minimum atomic E-state index is 0.534. The summed E-state index contributed by atoms with van der Waals surface area (Å²) in [5.74, 6) is 1.64. The van der Waals surface area contributed by atoms with Crippen molar-refractivity contribution < 1.29 is 13.3 Å². The molecule has 0 unspecified atom stereocenters. The third kappa shape index (κ3) is 6.59. The van der Waals surface area contributed by atoms with Gasteiger partial charge in [-0.3, -0.25) is 0 Å². The number of rotatable bonds is 7. The first-order chi connectivity index (χ1) is 37.6. The van der Waals surface area contributed by atoms with E-state index in [0.29, 0.717) is 17.5 Å². The van der Waals surface area contributed by atoms with Gasteiger partial charge in [0.1, 0.15) is 33.5 Å². The van der Waals surface area contributed by atoms with Crippen molar-refractivity contribution in [2.45, 2.75) is 0 Å². The summed E-state index contributed by atoms with van der Waals surface area (Å²) in [6, 6.07) is 84.5. The lowest BCUT2D eigenvalue weighted by Crippen LogP contribution is -2.00. The van der Waals surface area contributed by atoms with Gasteiger partial charge in [-0.2, -0.15) is 0 Å². The molecule has 0 aliphatic rings. The Hall–Kier alpha value is -10.4. The van der Waals surface area contributed by atoms with E-state index in [1.807, 2.05) is 78.9 Å². The van der Waals surface area contributed by atoms with E-state index in [1.54, 1.807) is 0 Å². The highest BCUT2D eigenvalue weighted by Crippen LogP contribution is 2.45. The molecule has 0 fully saturated rings. The molecular formula is C69H40N4O3. The van der Waals surface area contributed by atoms with Gasteiger partial charge in [0.2, 0.25) is 0 Å². The number of para-hydroxylation sites is 3. The van der Waals surface area contributed by atoms with Crippen LogP contribution in [0.4, 0.5) is 0 Å². The molecule has 5 heterocycles. The Balaban J connectivity index is 0.876. The molecule has 7 heteroatoms. The first-order valence-electron chi connectivity index (χ1n) is 25.5. The van der Waals surface area contributed by atoms with Crippen LogP contribution in [-0.4, -0.2) is 19.5 Å². The monoisotopic (exact) mass is 972 g/mol. The number of fused-ring (bicyclic) bond motifs is 12. The fourth-order valence-electron chi connectivity index (χ4n) is 11.6. The van der Waals surface area contributed by atoms with Crippen LogP contribution in [0.1, 0.15) is 0 Å². The summed E-state index contributed by atoms with van der Waals surface area (Å²) in [7, 11) is 0. The quantitative estimate of drug-likeness (QED) is 0.158. The van der Waals surface area contributed by atoms with Crippen LogP contribution >= 0.6 is 0 Å². The summed E-state index contributed by atoms with van der Waals surface area (Å²) in [5.41, 5.74) is 17.2. The number of hydrogen-bond acceptors (Lipinski definition) is 6. The maximum absolute atomic E-state index is 6.73. The van der Waals surface area contributed by atoms with E-state index in [-0.39, 0.29) is 0 Å². The molecule has 11 aromatic carbocycles. The minimum absolute atomic E-state index is 0.534. The summed E-state index contributed by atoms with van der Waals surface area (Å²) in [6.45, 7) is 0. The number of benzene rings is 11. The van der Waals surface area contributed by atoms with E-state index >= 15 is 0 Å². The Kier molecular flexibility index (Phi) is 9.20. The second-order valence-electron chi connectivity index (χ2n) is 19.4. The molecule has 7 nitrogen and oxygen atoms in total. The predicted octanol–water partition coefficient (Wildman–Crippen LogP) is 18.7. The van der Waals surface area contributed by atoms with Crippen LogP contribution < -0.4 is 0 Å². The molecule has 76 heavy (non-hydrogen) atoms. The molecule has 0 saturated heterocycles. The largest absolute Gasteiger partial charge is 0.456 e. The van der Waals surface area contributed by atoms with Crippen molar-refractivity contribution in [2.75, 3.05) is 0 Å². The van der Waals surface area contributed by atoms with Gasteiger partial charge in [0.25, 0.3) is 0 Å². The average molecular weight is 973 g/mol. The Morgan fingerprint density at radius 1 is 0.250 bits per heavy atom. The molecule has 0 atom stereocenters. The van der Waals surface area contributed by atoms with E-state index in [0.717, 1.165) is 127 Å². The first kappa shape index (κ1) is 42.2. The molecule has 0 radical (unpaired) electrons. The Morgan fingerprint density at radius 3 is 1.61 bits per heavy atom. The summed E-state index contributed by atoms with van der Waals surface area (Å²) in [4.78, 5) is 15.7. The van der Waals surface area contributed by atoms with Crippen LogP contribution in [0.25, 0.3) is 161 Å². The number of nitrogens with zero attached hydrogens (tertiary/aromatic N) is 4. The third-order valence-electron chi connectivity index (χ3n) is 15.1. The minimum Gasteiger partial charge on any atom is -0.456 e. The van der Waals surface area contributed by atoms with E-state index in [4.69, 9.17) is 28.2 Å². The fourth-order valence-corrected chi connectivity index (χ4v) is 11.6. The van der Waals surface area contributed by atoms with Crippen molar-refractivity contribution in [1.29, 1.82) is 0 Å². The molecule has 0 aliphatic heterocycles. The van der Waals surface area contributed by atoms with Crippen molar-refractivity contribution in [3.63, 3.8) is 0 Å². The van der Waals surface area contributed by atoms with Crippen molar-refractivity contribution in [1.82, 2.24) is 19.5 Å². The number of hydrogen-bond donors (Lipinski definition) is 0. The predicted molar refractivity (Wildman–Crippen MR) is 309 cm³/mol. The summed E-state index contributed by atoms with van der Waals surface area (Å²) < 4.78 is 22.4. The highest BCUT2D eigenvalue weighted by atomic mass is 16.3. The zero-order chi connectivity index (χ0) is 49.8. The second-order valence-corrected chi connectivity index (χ2v) is 19.4. The highest BCUT2D eigenvalue weighted by molar-refractivity contribution is 6.18. The van der Waals surface area contributed by atoms with Crippen molar-refractivity contribution >= 4 is 87.6 Å². The molecule has 0 aliphatic carbocycles. The molecule has 354 valence electrons. The van der Waals surface area contributed by atoms with Crippen molar-refractivity contribution in [3.8, 4) is 73.2 Å². The highest BCUT2D eigenvalue weighted by Gasteiger charge is 2.22. The summed E-state index contributed by atoms with van der Waals surface area (Å²) in [5, 5.41) is 8.50. The van der Waals surface area contributed by atoms with Gasteiger partial charge in [-0.05, 0) is 112 Å². The van der Waals surface area contributed by atoms with Gasteiger partial charge < -0.3 is 17.8 Å². The topological polar surface area (TPSA) is 83.0 Å². The maximum Gasteiger partial charge on any atom is 0.164 e. The normalized spacial score (nSPS) is 11.9. The van der Waals surface area contributed by atoms with Crippen molar-refractivity contribution in [2.24, 2.45) is 0 Å². The molecule has 5 aromatic heterocycles. The van der Waals surface area contributed by atoms with Crippen LogP contribution in [0.2, 0.25) is 0 Å². The van der Waals surface area contributed by atoms with Gasteiger partial charge in [-0.1, -0.05) is 164 Å². The lowest BCUT2D eigenvalue weighted by Gasteiger charge is -2.11. The van der Waals surface area contributed by atoms with Gasteiger partial charge in [-0.25, -0.2) is 15.0 Å². The number of aromatic nitrogens is 4. The summed E-state index contributed by atoms with van der Waals surface area (Å²) >= 11 is 0. The van der Waals surface area contributed by atoms with Crippen LogP contribution in [0, 0.1) is 0 Å². The van der Waals surface area contributed by atoms with E-state index < -0.39 is 0 Å². The Morgan fingerprint density at radius 2 is 0.789 bits per heavy atom. The second kappa shape index (κ2) is 16.6. The van der Waals surface area contributed by atoms with E-state index in [2.05, 4.69) is 168 Å². The molecule has 0 N–H and O–H groups in total. The van der Waals surface area contributed by atoms with Gasteiger partial charge in [0.05, 0.1) is 11.0 Å². The zero-order valence-corrected chi connectivity index (χ0v) is 40.6. The molecule has 16 rings (SSSR count). The average Bonchev–Trinajstić information content (AvgIpc) is 4.31.